The van der Waals surface area contributed by atoms with E-state index in [9.17, 15) is 14.4 Å². The number of carbonyl (C=O) groups excluding carboxylic acids is 1. The Labute approximate surface area is 142 Å². The molecule has 0 unspecified atom stereocenters. The minimum absolute atomic E-state index is 0.0239. The van der Waals surface area contributed by atoms with E-state index in [1.54, 1.807) is 0 Å². The van der Waals surface area contributed by atoms with E-state index in [1.165, 1.54) is 25.7 Å². The Hall–Kier alpha value is -1.85. The fourth-order valence-electron chi connectivity index (χ4n) is 3.81. The molecule has 1 aliphatic heterocycles. The van der Waals surface area contributed by atoms with E-state index in [2.05, 4.69) is 10.6 Å². The van der Waals surface area contributed by atoms with Gasteiger partial charge in [-0.15, -0.1) is 0 Å². The van der Waals surface area contributed by atoms with E-state index < -0.39 is 5.43 Å². The van der Waals surface area contributed by atoms with Crippen molar-refractivity contribution in [2.45, 2.75) is 63.8 Å². The number of anilines is 2. The fraction of sp³-hybridized carbons (Fsp3) is 0.722. The molecular formula is C18H27N3O3. The molecule has 3 rings (SSSR count). The lowest BCUT2D eigenvalue weighted by atomic mass is 10.1. The van der Waals surface area contributed by atoms with Gasteiger partial charge in [-0.2, -0.15) is 0 Å². The molecule has 0 bridgehead atoms. The molecule has 2 fully saturated rings. The fourth-order valence-corrected chi connectivity index (χ4v) is 3.81. The zero-order chi connectivity index (χ0) is 16.9. The Morgan fingerprint density at radius 2 is 1.62 bits per heavy atom. The highest BCUT2D eigenvalue weighted by molar-refractivity contribution is 5.78. The van der Waals surface area contributed by atoms with Crippen LogP contribution < -0.4 is 26.4 Å². The minimum Gasteiger partial charge on any atom is -0.379 e. The summed E-state index contributed by atoms with van der Waals surface area (Å²) in [5.41, 5.74) is 0.106. The highest BCUT2D eigenvalue weighted by Crippen LogP contribution is 2.24. The normalized spacial score (nSPS) is 19.4. The molecular weight excluding hydrogens is 306 g/mol. The standard InChI is InChI=1S/C18H27N3O3/c22-14(20-13-7-3-1-2-4-8-13)9-10-19-15-16(18(24)17(15)23)21-11-5-6-12-21/h13,19H,1-12H2,(H,20,22). The second-order valence-corrected chi connectivity index (χ2v) is 7.01. The number of nitrogens with zero attached hydrogens (tertiary/aromatic N) is 1. The third-order valence-corrected chi connectivity index (χ3v) is 5.18. The summed E-state index contributed by atoms with van der Waals surface area (Å²) in [6.45, 7) is 2.06. The number of amides is 1. The predicted octanol–water partition coefficient (Wildman–Crippen LogP) is 1.52. The van der Waals surface area contributed by atoms with Crippen LogP contribution in [0.1, 0.15) is 57.8 Å². The van der Waals surface area contributed by atoms with E-state index in [4.69, 9.17) is 0 Å². The lowest BCUT2D eigenvalue weighted by Crippen LogP contribution is -2.42. The van der Waals surface area contributed by atoms with Crippen LogP contribution in [-0.2, 0) is 4.79 Å². The molecule has 0 atom stereocenters. The average Bonchev–Trinajstić information content (AvgIpc) is 2.97. The van der Waals surface area contributed by atoms with Crippen molar-refractivity contribution >= 4 is 17.3 Å². The topological polar surface area (TPSA) is 78.5 Å². The van der Waals surface area contributed by atoms with Gasteiger partial charge >= 0.3 is 0 Å². The average molecular weight is 333 g/mol. The molecule has 24 heavy (non-hydrogen) atoms. The van der Waals surface area contributed by atoms with Crippen molar-refractivity contribution in [2.75, 3.05) is 29.9 Å². The van der Waals surface area contributed by atoms with Crippen LogP contribution in [0.2, 0.25) is 0 Å². The number of carbonyl (C=O) groups is 1. The van der Waals surface area contributed by atoms with Crippen LogP contribution >= 0.6 is 0 Å². The summed E-state index contributed by atoms with van der Waals surface area (Å²) >= 11 is 0. The highest BCUT2D eigenvalue weighted by Gasteiger charge is 2.27. The summed E-state index contributed by atoms with van der Waals surface area (Å²) in [6.07, 6.45) is 9.47. The SMILES string of the molecule is O=C(CCNc1c(N2CCCC2)c(=O)c1=O)NC1CCCCCC1. The van der Waals surface area contributed by atoms with Gasteiger partial charge in [0.1, 0.15) is 11.4 Å². The Kier molecular flexibility index (Phi) is 5.53. The second kappa shape index (κ2) is 7.81. The van der Waals surface area contributed by atoms with Gasteiger partial charge in [0, 0.05) is 32.1 Å². The maximum absolute atomic E-state index is 12.1. The molecule has 1 aliphatic carbocycles. The summed E-state index contributed by atoms with van der Waals surface area (Å²) < 4.78 is 0. The van der Waals surface area contributed by atoms with Crippen molar-refractivity contribution in [3.05, 3.63) is 20.4 Å². The maximum Gasteiger partial charge on any atom is 0.253 e. The first kappa shape index (κ1) is 17.0. The Bertz CT molecular complexity index is 634. The van der Waals surface area contributed by atoms with Gasteiger partial charge in [-0.1, -0.05) is 25.7 Å². The van der Waals surface area contributed by atoms with Crippen molar-refractivity contribution in [1.82, 2.24) is 5.32 Å². The molecule has 1 amide bonds. The molecule has 132 valence electrons. The Morgan fingerprint density at radius 3 is 2.29 bits per heavy atom. The van der Waals surface area contributed by atoms with Crippen LogP contribution in [0.3, 0.4) is 0 Å². The quantitative estimate of drug-likeness (QED) is 0.610. The van der Waals surface area contributed by atoms with Crippen LogP contribution in [0.5, 0.6) is 0 Å². The largest absolute Gasteiger partial charge is 0.379 e. The highest BCUT2D eigenvalue weighted by atomic mass is 16.2. The molecule has 1 heterocycles. The van der Waals surface area contributed by atoms with Gasteiger partial charge in [-0.05, 0) is 25.7 Å². The predicted molar refractivity (Wildman–Crippen MR) is 95.5 cm³/mol. The van der Waals surface area contributed by atoms with Gasteiger partial charge in [-0.3, -0.25) is 14.4 Å². The maximum atomic E-state index is 12.1. The van der Waals surface area contributed by atoms with E-state index in [-0.39, 0.29) is 11.3 Å². The van der Waals surface area contributed by atoms with E-state index >= 15 is 0 Å². The number of nitrogens with one attached hydrogen (secondary N) is 2. The van der Waals surface area contributed by atoms with Gasteiger partial charge in [0.05, 0.1) is 0 Å². The Balaban J connectivity index is 1.46. The van der Waals surface area contributed by atoms with Crippen molar-refractivity contribution in [3.63, 3.8) is 0 Å². The third-order valence-electron chi connectivity index (χ3n) is 5.18. The van der Waals surface area contributed by atoms with Crippen LogP contribution in [0.15, 0.2) is 9.59 Å². The summed E-state index contributed by atoms with van der Waals surface area (Å²) in [6, 6.07) is 0.297. The summed E-state index contributed by atoms with van der Waals surface area (Å²) in [4.78, 5) is 37.6. The molecule has 0 spiro atoms. The van der Waals surface area contributed by atoms with E-state index in [1.807, 2.05) is 4.90 Å². The minimum atomic E-state index is -0.443. The first-order valence-corrected chi connectivity index (χ1v) is 9.28. The molecule has 2 N–H and O–H groups in total. The zero-order valence-electron chi connectivity index (χ0n) is 14.2. The number of rotatable bonds is 6. The first-order valence-electron chi connectivity index (χ1n) is 9.28. The monoisotopic (exact) mass is 333 g/mol. The van der Waals surface area contributed by atoms with Crippen molar-refractivity contribution in [2.24, 2.45) is 0 Å². The lowest BCUT2D eigenvalue weighted by Gasteiger charge is -2.22. The van der Waals surface area contributed by atoms with Gasteiger partial charge in [-0.25, -0.2) is 0 Å². The summed E-state index contributed by atoms with van der Waals surface area (Å²) in [5.74, 6) is 0.0239. The van der Waals surface area contributed by atoms with Gasteiger partial charge < -0.3 is 15.5 Å². The third kappa shape index (κ3) is 3.79. The lowest BCUT2D eigenvalue weighted by molar-refractivity contribution is -0.121. The van der Waals surface area contributed by atoms with Crippen LogP contribution in [-0.4, -0.2) is 31.6 Å². The first-order chi connectivity index (χ1) is 11.7. The smallest absolute Gasteiger partial charge is 0.253 e. The van der Waals surface area contributed by atoms with E-state index in [0.717, 1.165) is 38.8 Å². The van der Waals surface area contributed by atoms with Gasteiger partial charge in [0.2, 0.25) is 5.91 Å². The second-order valence-electron chi connectivity index (χ2n) is 7.01. The molecule has 1 saturated carbocycles. The number of hydrogen-bond acceptors (Lipinski definition) is 5. The van der Waals surface area contributed by atoms with Gasteiger partial charge in [0.15, 0.2) is 0 Å². The molecule has 6 nitrogen and oxygen atoms in total. The summed E-state index contributed by atoms with van der Waals surface area (Å²) in [5, 5.41) is 6.11. The van der Waals surface area contributed by atoms with Crippen molar-refractivity contribution < 1.29 is 4.79 Å². The van der Waals surface area contributed by atoms with Crippen LogP contribution in [0, 0.1) is 0 Å². The molecule has 0 aromatic heterocycles. The number of hydrogen-bond donors (Lipinski definition) is 2. The molecule has 0 radical (unpaired) electrons. The van der Waals surface area contributed by atoms with Crippen LogP contribution in [0.4, 0.5) is 11.4 Å². The molecule has 1 saturated heterocycles. The van der Waals surface area contributed by atoms with Crippen LogP contribution in [0.25, 0.3) is 0 Å². The van der Waals surface area contributed by atoms with E-state index in [0.29, 0.717) is 30.4 Å². The Morgan fingerprint density at radius 1 is 0.958 bits per heavy atom. The van der Waals surface area contributed by atoms with Crippen molar-refractivity contribution in [1.29, 1.82) is 0 Å². The summed E-state index contributed by atoms with van der Waals surface area (Å²) in [7, 11) is 0. The van der Waals surface area contributed by atoms with Gasteiger partial charge in [0.25, 0.3) is 10.9 Å². The molecule has 6 heteroatoms. The van der Waals surface area contributed by atoms with Crippen molar-refractivity contribution in [3.8, 4) is 0 Å². The molecule has 1 aromatic carbocycles. The molecule has 2 aliphatic rings. The molecule has 1 aromatic rings. The zero-order valence-corrected chi connectivity index (χ0v) is 14.2.